The van der Waals surface area contributed by atoms with Crippen molar-refractivity contribution in [1.82, 2.24) is 4.98 Å². The van der Waals surface area contributed by atoms with Gasteiger partial charge in [0.15, 0.2) is 0 Å². The summed E-state index contributed by atoms with van der Waals surface area (Å²) >= 11 is 0. The van der Waals surface area contributed by atoms with E-state index in [9.17, 15) is 0 Å². The number of hydrazone groups is 1. The van der Waals surface area contributed by atoms with Gasteiger partial charge in [0, 0.05) is 29.9 Å². The molecule has 0 radical (unpaired) electrons. The van der Waals surface area contributed by atoms with Gasteiger partial charge in [-0.25, -0.2) is 0 Å². The first kappa shape index (κ1) is 21.4. The minimum atomic E-state index is 0.681. The Hall–Kier alpha value is -2.88. The van der Waals surface area contributed by atoms with E-state index < -0.39 is 0 Å². The van der Waals surface area contributed by atoms with Crippen molar-refractivity contribution in [1.29, 1.82) is 0 Å². The Kier molecular flexibility index (Phi) is 6.86. The number of fused-ring (bicyclic) bond motifs is 1. The molecule has 2 aromatic carbocycles. The molecule has 162 valence electrons. The van der Waals surface area contributed by atoms with Gasteiger partial charge in [-0.05, 0) is 81.0 Å². The predicted octanol–water partition coefficient (Wildman–Crippen LogP) is 6.88. The maximum Gasteiger partial charge on any atom is 0.0726 e. The largest absolute Gasteiger partial charge is 0.372 e. The van der Waals surface area contributed by atoms with Crippen LogP contribution in [0.25, 0.3) is 10.9 Å². The molecule has 0 amide bonds. The van der Waals surface area contributed by atoms with Gasteiger partial charge < -0.3 is 4.90 Å². The zero-order valence-corrected chi connectivity index (χ0v) is 19.1. The zero-order valence-electron chi connectivity index (χ0n) is 19.1. The number of nitrogens with one attached hydrogen (secondary N) is 1. The van der Waals surface area contributed by atoms with Gasteiger partial charge in [-0.15, -0.1) is 0 Å². The number of benzene rings is 2. The van der Waals surface area contributed by atoms with Crippen molar-refractivity contribution in [2.24, 2.45) is 5.10 Å². The van der Waals surface area contributed by atoms with Gasteiger partial charge in [-0.2, -0.15) is 5.10 Å². The summed E-state index contributed by atoms with van der Waals surface area (Å²) in [5.74, 6) is 0.681. The van der Waals surface area contributed by atoms with Crippen molar-refractivity contribution in [3.63, 3.8) is 0 Å². The fraction of sp³-hybridized carbons (Fsp3) is 0.407. The third-order valence-corrected chi connectivity index (χ3v) is 6.46. The number of rotatable bonds is 7. The van der Waals surface area contributed by atoms with Gasteiger partial charge in [-0.1, -0.05) is 37.5 Å². The van der Waals surface area contributed by atoms with Crippen LogP contribution in [0, 0.1) is 6.92 Å². The van der Waals surface area contributed by atoms with Crippen molar-refractivity contribution < 1.29 is 0 Å². The second-order valence-corrected chi connectivity index (χ2v) is 8.56. The van der Waals surface area contributed by atoms with E-state index in [1.165, 1.54) is 43.4 Å². The van der Waals surface area contributed by atoms with Crippen LogP contribution < -0.4 is 10.3 Å². The molecule has 1 heterocycles. The molecule has 1 aromatic heterocycles. The minimum Gasteiger partial charge on any atom is -0.372 e. The van der Waals surface area contributed by atoms with E-state index in [1.807, 2.05) is 13.1 Å². The summed E-state index contributed by atoms with van der Waals surface area (Å²) < 4.78 is 0. The average molecular weight is 415 g/mol. The Morgan fingerprint density at radius 2 is 1.74 bits per heavy atom. The van der Waals surface area contributed by atoms with E-state index in [4.69, 9.17) is 4.98 Å². The molecule has 4 nitrogen and oxygen atoms in total. The maximum absolute atomic E-state index is 4.73. The molecule has 1 aliphatic carbocycles. The van der Waals surface area contributed by atoms with Crippen LogP contribution in [0.1, 0.15) is 68.7 Å². The molecule has 1 fully saturated rings. The molecule has 0 saturated heterocycles. The molecular formula is C27H34N4. The highest BCUT2D eigenvalue weighted by molar-refractivity contribution is 5.92. The molecule has 4 rings (SSSR count). The van der Waals surface area contributed by atoms with Crippen LogP contribution in [0.15, 0.2) is 53.6 Å². The summed E-state index contributed by atoms with van der Waals surface area (Å²) in [5, 5.41) is 5.70. The van der Waals surface area contributed by atoms with Gasteiger partial charge >= 0.3 is 0 Å². The van der Waals surface area contributed by atoms with Crippen LogP contribution in [-0.2, 0) is 0 Å². The maximum atomic E-state index is 4.73. The summed E-state index contributed by atoms with van der Waals surface area (Å²) in [6.07, 6.45) is 8.56. The van der Waals surface area contributed by atoms with Crippen LogP contribution in [0.3, 0.4) is 0 Å². The van der Waals surface area contributed by atoms with Gasteiger partial charge in [0.1, 0.15) is 0 Å². The average Bonchev–Trinajstić information content (AvgIpc) is 2.81. The predicted molar refractivity (Wildman–Crippen MR) is 134 cm³/mol. The SMILES string of the molecule is CCN(CC)c1ccc(/C=N/Nc2cc(C)nc3ccc(C4CCCCC4)cc23)cc1. The first-order valence-corrected chi connectivity index (χ1v) is 11.7. The quantitative estimate of drug-likeness (QED) is 0.338. The normalized spacial score (nSPS) is 14.9. The molecular weight excluding hydrogens is 380 g/mol. The number of pyridine rings is 1. The molecule has 31 heavy (non-hydrogen) atoms. The van der Waals surface area contributed by atoms with Crippen molar-refractivity contribution >= 4 is 28.5 Å². The Morgan fingerprint density at radius 1 is 1.00 bits per heavy atom. The monoisotopic (exact) mass is 414 g/mol. The summed E-state index contributed by atoms with van der Waals surface area (Å²) in [6, 6.07) is 17.4. The Morgan fingerprint density at radius 3 is 2.45 bits per heavy atom. The second kappa shape index (κ2) is 9.95. The number of hydrogen-bond acceptors (Lipinski definition) is 4. The molecule has 1 saturated carbocycles. The van der Waals surface area contributed by atoms with E-state index in [2.05, 4.69) is 77.8 Å². The Labute approximate surface area is 186 Å². The number of hydrogen-bond donors (Lipinski definition) is 1. The standard InChI is InChI=1S/C27H34N4/c1-4-31(5-2)24-14-11-21(12-15-24)19-28-30-27-17-20(3)29-26-16-13-23(18-25(26)27)22-9-7-6-8-10-22/h11-19,22H,4-10H2,1-3H3,(H,29,30)/b28-19+. The lowest BCUT2D eigenvalue weighted by Gasteiger charge is -2.22. The number of nitrogens with zero attached hydrogens (tertiary/aromatic N) is 3. The smallest absolute Gasteiger partial charge is 0.0726 e. The Bertz CT molecular complexity index is 1030. The Balaban J connectivity index is 1.54. The van der Waals surface area contributed by atoms with Crippen molar-refractivity contribution in [2.75, 3.05) is 23.4 Å². The summed E-state index contributed by atoms with van der Waals surface area (Å²) in [4.78, 5) is 7.08. The molecule has 3 aromatic rings. The molecule has 0 bridgehead atoms. The molecule has 4 heteroatoms. The third-order valence-electron chi connectivity index (χ3n) is 6.46. The lowest BCUT2D eigenvalue weighted by atomic mass is 9.83. The van der Waals surface area contributed by atoms with Crippen LogP contribution in [0.2, 0.25) is 0 Å². The fourth-order valence-electron chi connectivity index (χ4n) is 4.69. The highest BCUT2D eigenvalue weighted by atomic mass is 15.3. The molecule has 0 spiro atoms. The highest BCUT2D eigenvalue weighted by Gasteiger charge is 2.16. The topological polar surface area (TPSA) is 40.5 Å². The minimum absolute atomic E-state index is 0.681. The number of aromatic nitrogens is 1. The van der Waals surface area contributed by atoms with Crippen molar-refractivity contribution in [2.45, 2.75) is 58.8 Å². The van der Waals surface area contributed by atoms with E-state index in [0.29, 0.717) is 5.92 Å². The molecule has 1 aliphatic rings. The summed E-state index contributed by atoms with van der Waals surface area (Å²) in [5.41, 5.74) is 10.1. The fourth-order valence-corrected chi connectivity index (χ4v) is 4.69. The van der Waals surface area contributed by atoms with Gasteiger partial charge in [0.25, 0.3) is 0 Å². The first-order valence-electron chi connectivity index (χ1n) is 11.7. The van der Waals surface area contributed by atoms with Crippen molar-refractivity contribution in [3.05, 3.63) is 65.4 Å². The van der Waals surface area contributed by atoms with E-state index in [1.54, 1.807) is 0 Å². The first-order chi connectivity index (χ1) is 15.2. The zero-order chi connectivity index (χ0) is 21.6. The molecule has 0 aliphatic heterocycles. The van der Waals surface area contributed by atoms with Crippen LogP contribution in [-0.4, -0.2) is 24.3 Å². The second-order valence-electron chi connectivity index (χ2n) is 8.56. The van der Waals surface area contributed by atoms with E-state index in [-0.39, 0.29) is 0 Å². The van der Waals surface area contributed by atoms with Crippen LogP contribution >= 0.6 is 0 Å². The lowest BCUT2D eigenvalue weighted by molar-refractivity contribution is 0.444. The summed E-state index contributed by atoms with van der Waals surface area (Å²) in [6.45, 7) is 8.44. The third kappa shape index (κ3) is 5.07. The van der Waals surface area contributed by atoms with Gasteiger partial charge in [0.05, 0.1) is 17.4 Å². The van der Waals surface area contributed by atoms with E-state index in [0.717, 1.165) is 40.9 Å². The summed E-state index contributed by atoms with van der Waals surface area (Å²) in [7, 11) is 0. The lowest BCUT2D eigenvalue weighted by Crippen LogP contribution is -2.21. The number of aryl methyl sites for hydroxylation is 1. The van der Waals surface area contributed by atoms with E-state index >= 15 is 0 Å². The van der Waals surface area contributed by atoms with Gasteiger partial charge in [0.2, 0.25) is 0 Å². The highest BCUT2D eigenvalue weighted by Crippen LogP contribution is 2.35. The van der Waals surface area contributed by atoms with Crippen molar-refractivity contribution in [3.8, 4) is 0 Å². The van der Waals surface area contributed by atoms with Crippen LogP contribution in [0.4, 0.5) is 11.4 Å². The molecule has 0 unspecified atom stereocenters. The van der Waals surface area contributed by atoms with Gasteiger partial charge in [-0.3, -0.25) is 10.4 Å². The molecule has 0 atom stereocenters. The number of anilines is 2. The molecule has 1 N–H and O–H groups in total. The van der Waals surface area contributed by atoms with Crippen LogP contribution in [0.5, 0.6) is 0 Å².